The lowest BCUT2D eigenvalue weighted by atomic mass is 9.98. The number of rotatable bonds is 4. The van der Waals surface area contributed by atoms with Crippen LogP contribution in [0.2, 0.25) is 0 Å². The molecule has 0 radical (unpaired) electrons. The van der Waals surface area contributed by atoms with Gasteiger partial charge in [0.05, 0.1) is 17.8 Å². The van der Waals surface area contributed by atoms with Gasteiger partial charge in [-0.1, -0.05) is 0 Å². The molecule has 2 saturated heterocycles. The number of likely N-dealkylation sites (tertiary alicyclic amines) is 1. The van der Waals surface area contributed by atoms with Gasteiger partial charge in [-0.15, -0.1) is 0 Å². The fourth-order valence-corrected chi connectivity index (χ4v) is 4.24. The van der Waals surface area contributed by atoms with Crippen molar-refractivity contribution >= 4 is 21.4 Å². The van der Waals surface area contributed by atoms with Crippen LogP contribution in [0.3, 0.4) is 0 Å². The molecule has 0 bridgehead atoms. The summed E-state index contributed by atoms with van der Waals surface area (Å²) in [5, 5.41) is 6.13. The molecule has 0 saturated carbocycles. The molecule has 2 fully saturated rings. The monoisotopic (exact) mass is 373 g/mol. The quantitative estimate of drug-likeness (QED) is 0.827. The van der Waals surface area contributed by atoms with E-state index >= 15 is 0 Å². The molecule has 9 heteroatoms. The van der Waals surface area contributed by atoms with Gasteiger partial charge in [-0.25, -0.2) is 17.2 Å². The minimum Gasteiger partial charge on any atom is -0.376 e. The molecule has 2 heterocycles. The van der Waals surface area contributed by atoms with E-state index < -0.39 is 26.4 Å². The minimum absolute atomic E-state index is 0.0813. The fourth-order valence-electron chi connectivity index (χ4n) is 3.51. The van der Waals surface area contributed by atoms with Gasteiger partial charge in [-0.3, -0.25) is 4.79 Å². The topological polar surface area (TPSA) is 78.5 Å². The van der Waals surface area contributed by atoms with E-state index in [4.69, 9.17) is 0 Å². The zero-order chi connectivity index (χ0) is 18.2. The van der Waals surface area contributed by atoms with Gasteiger partial charge in [0.15, 0.2) is 9.84 Å². The van der Waals surface area contributed by atoms with Crippen LogP contribution in [-0.2, 0) is 14.6 Å². The standard InChI is InChI=1S/C16H21F2N3O3S/c1-25(23,24)15-8-10(17)12(7-11(15)18)20-13-9-19-5-4-14(13)21-6-2-3-16(21)22/h7-8,13-14,19-20H,2-6,9H2,1H3/t13-,14?/m1/s1. The number of amides is 1. The molecule has 1 amide bonds. The van der Waals surface area contributed by atoms with E-state index in [0.717, 1.165) is 31.7 Å². The molecule has 2 N–H and O–H groups in total. The number of benzene rings is 1. The highest BCUT2D eigenvalue weighted by atomic mass is 32.2. The number of anilines is 1. The number of hydrogen-bond donors (Lipinski definition) is 2. The predicted molar refractivity (Wildman–Crippen MR) is 89.1 cm³/mol. The summed E-state index contributed by atoms with van der Waals surface area (Å²) in [5.74, 6) is -1.75. The molecule has 6 nitrogen and oxygen atoms in total. The zero-order valence-corrected chi connectivity index (χ0v) is 14.7. The van der Waals surface area contributed by atoms with Crippen LogP contribution in [0.15, 0.2) is 17.0 Å². The molecule has 2 aliphatic heterocycles. The summed E-state index contributed by atoms with van der Waals surface area (Å²) in [6.07, 6.45) is 2.87. The third-order valence-corrected chi connectivity index (χ3v) is 5.83. The Morgan fingerprint density at radius 3 is 2.68 bits per heavy atom. The average Bonchev–Trinajstić information content (AvgIpc) is 2.96. The number of hydrogen-bond acceptors (Lipinski definition) is 5. The van der Waals surface area contributed by atoms with Crippen molar-refractivity contribution in [2.24, 2.45) is 0 Å². The summed E-state index contributed by atoms with van der Waals surface area (Å²) >= 11 is 0. The first-order valence-corrected chi connectivity index (χ1v) is 10.1. The van der Waals surface area contributed by atoms with Gasteiger partial charge in [0, 0.05) is 31.8 Å². The molecular formula is C16H21F2N3O3S. The van der Waals surface area contributed by atoms with Gasteiger partial charge in [0.2, 0.25) is 5.91 Å². The fraction of sp³-hybridized carbons (Fsp3) is 0.562. The van der Waals surface area contributed by atoms with E-state index in [-0.39, 0.29) is 23.7 Å². The van der Waals surface area contributed by atoms with E-state index in [1.807, 2.05) is 0 Å². The third kappa shape index (κ3) is 3.77. The molecule has 2 aliphatic rings. The lowest BCUT2D eigenvalue weighted by molar-refractivity contribution is -0.130. The first-order valence-electron chi connectivity index (χ1n) is 8.23. The summed E-state index contributed by atoms with van der Waals surface area (Å²) in [5.41, 5.74) is -0.102. The third-order valence-electron chi connectivity index (χ3n) is 4.72. The Bertz CT molecular complexity index is 785. The Morgan fingerprint density at radius 2 is 2.04 bits per heavy atom. The Kier molecular flexibility index (Phi) is 4.97. The molecular weight excluding hydrogens is 352 g/mol. The van der Waals surface area contributed by atoms with Crippen molar-refractivity contribution in [3.05, 3.63) is 23.8 Å². The summed E-state index contributed by atoms with van der Waals surface area (Å²) in [6, 6.07) is 1.17. The highest BCUT2D eigenvalue weighted by Gasteiger charge is 2.35. The number of sulfone groups is 1. The van der Waals surface area contributed by atoms with Crippen molar-refractivity contribution in [3.63, 3.8) is 0 Å². The minimum atomic E-state index is -3.84. The van der Waals surface area contributed by atoms with E-state index in [0.29, 0.717) is 25.6 Å². The van der Waals surface area contributed by atoms with E-state index in [1.54, 1.807) is 4.90 Å². The van der Waals surface area contributed by atoms with E-state index in [9.17, 15) is 22.0 Å². The number of nitrogens with zero attached hydrogens (tertiary/aromatic N) is 1. The van der Waals surface area contributed by atoms with Crippen LogP contribution in [0.1, 0.15) is 19.3 Å². The summed E-state index contributed by atoms with van der Waals surface area (Å²) in [4.78, 5) is 13.2. The number of nitrogens with one attached hydrogen (secondary N) is 2. The van der Waals surface area contributed by atoms with Crippen molar-refractivity contribution in [1.82, 2.24) is 10.2 Å². The second-order valence-corrected chi connectivity index (χ2v) is 8.52. The van der Waals surface area contributed by atoms with Crippen LogP contribution in [0.25, 0.3) is 0 Å². The molecule has 2 atom stereocenters. The molecule has 0 aromatic heterocycles. The van der Waals surface area contributed by atoms with Crippen LogP contribution >= 0.6 is 0 Å². The number of carbonyl (C=O) groups is 1. The van der Waals surface area contributed by atoms with Crippen molar-refractivity contribution in [3.8, 4) is 0 Å². The Labute approximate surface area is 145 Å². The highest BCUT2D eigenvalue weighted by molar-refractivity contribution is 7.90. The van der Waals surface area contributed by atoms with Gasteiger partial charge in [0.25, 0.3) is 0 Å². The number of carbonyl (C=O) groups excluding carboxylic acids is 1. The average molecular weight is 373 g/mol. The van der Waals surface area contributed by atoms with Crippen molar-refractivity contribution in [2.45, 2.75) is 36.2 Å². The van der Waals surface area contributed by atoms with Crippen molar-refractivity contribution in [2.75, 3.05) is 31.2 Å². The molecule has 0 spiro atoms. The van der Waals surface area contributed by atoms with E-state index in [1.165, 1.54) is 0 Å². The Hall–Kier alpha value is -1.74. The second kappa shape index (κ2) is 6.87. The molecule has 1 aromatic rings. The van der Waals surface area contributed by atoms with Crippen LogP contribution in [0.4, 0.5) is 14.5 Å². The first-order chi connectivity index (χ1) is 11.8. The first kappa shape index (κ1) is 18.1. The van der Waals surface area contributed by atoms with Gasteiger partial charge in [-0.05, 0) is 25.5 Å². The Morgan fingerprint density at radius 1 is 1.28 bits per heavy atom. The maximum absolute atomic E-state index is 14.3. The zero-order valence-electron chi connectivity index (χ0n) is 13.9. The van der Waals surface area contributed by atoms with Crippen LogP contribution in [-0.4, -0.2) is 57.2 Å². The lowest BCUT2D eigenvalue weighted by Crippen LogP contribution is -2.56. The van der Waals surface area contributed by atoms with Gasteiger partial charge >= 0.3 is 0 Å². The smallest absolute Gasteiger partial charge is 0.222 e. The van der Waals surface area contributed by atoms with Crippen molar-refractivity contribution in [1.29, 1.82) is 0 Å². The molecule has 1 aromatic carbocycles. The van der Waals surface area contributed by atoms with Crippen LogP contribution < -0.4 is 10.6 Å². The summed E-state index contributed by atoms with van der Waals surface area (Å²) in [6.45, 7) is 1.92. The number of halogens is 2. The van der Waals surface area contributed by atoms with Crippen LogP contribution in [0.5, 0.6) is 0 Å². The summed E-state index contributed by atoms with van der Waals surface area (Å²) in [7, 11) is -3.84. The largest absolute Gasteiger partial charge is 0.376 e. The molecule has 25 heavy (non-hydrogen) atoms. The maximum atomic E-state index is 14.3. The van der Waals surface area contributed by atoms with Crippen molar-refractivity contribution < 1.29 is 22.0 Å². The highest BCUT2D eigenvalue weighted by Crippen LogP contribution is 2.26. The lowest BCUT2D eigenvalue weighted by Gasteiger charge is -2.39. The molecule has 3 rings (SSSR count). The van der Waals surface area contributed by atoms with E-state index in [2.05, 4.69) is 10.6 Å². The van der Waals surface area contributed by atoms with Gasteiger partial charge in [-0.2, -0.15) is 0 Å². The second-order valence-electron chi connectivity index (χ2n) is 6.54. The molecule has 0 aliphatic carbocycles. The molecule has 1 unspecified atom stereocenters. The normalized spacial score (nSPS) is 24.6. The SMILES string of the molecule is CS(=O)(=O)c1cc(F)c(N[C@@H]2CNCCC2N2CCCC2=O)cc1F. The Balaban J connectivity index is 1.85. The number of piperidine rings is 1. The predicted octanol–water partition coefficient (Wildman–Crippen LogP) is 1.13. The van der Waals surface area contributed by atoms with Gasteiger partial charge in [0.1, 0.15) is 16.5 Å². The maximum Gasteiger partial charge on any atom is 0.222 e. The summed E-state index contributed by atoms with van der Waals surface area (Å²) < 4.78 is 51.4. The van der Waals surface area contributed by atoms with Crippen LogP contribution in [0, 0.1) is 11.6 Å². The molecule has 138 valence electrons. The van der Waals surface area contributed by atoms with Gasteiger partial charge < -0.3 is 15.5 Å².